The van der Waals surface area contributed by atoms with Crippen LogP contribution in [0.25, 0.3) is 0 Å². The van der Waals surface area contributed by atoms with E-state index in [1.807, 2.05) is 62.4 Å². The van der Waals surface area contributed by atoms with Crippen LogP contribution in [0.4, 0.5) is 0 Å². The highest BCUT2D eigenvalue weighted by Gasteiger charge is 2.25. The summed E-state index contributed by atoms with van der Waals surface area (Å²) < 4.78 is 10.8. The van der Waals surface area contributed by atoms with E-state index in [1.165, 1.54) is 0 Å². The second-order valence-corrected chi connectivity index (χ2v) is 5.49. The molecule has 112 valence electrons. The van der Waals surface area contributed by atoms with Gasteiger partial charge in [0.15, 0.2) is 0 Å². The molecule has 3 nitrogen and oxygen atoms in total. The van der Waals surface area contributed by atoms with Crippen LogP contribution in [0.5, 0.6) is 11.5 Å². The molecule has 2 aromatic carbocycles. The van der Waals surface area contributed by atoms with Crippen molar-refractivity contribution in [1.82, 2.24) is 0 Å². The zero-order chi connectivity index (χ0) is 15.5. The van der Waals surface area contributed by atoms with E-state index in [2.05, 4.69) is 0 Å². The molecule has 0 aliphatic rings. The van der Waals surface area contributed by atoms with Crippen LogP contribution < -0.4 is 9.47 Å². The zero-order valence-corrected chi connectivity index (χ0v) is 13.0. The van der Waals surface area contributed by atoms with Gasteiger partial charge in [0, 0.05) is 0 Å². The van der Waals surface area contributed by atoms with Gasteiger partial charge in [-0.05, 0) is 56.2 Å². The highest BCUT2D eigenvalue weighted by atomic mass is 16.5. The molecule has 0 saturated heterocycles. The SMILES string of the molecule is COc1ccc(C(C)(O)c2ccc(OC(C)C)cc2)cc1. The maximum absolute atomic E-state index is 10.8. The molecule has 0 aliphatic heterocycles. The second kappa shape index (κ2) is 6.19. The van der Waals surface area contributed by atoms with Crippen LogP contribution in [0, 0.1) is 0 Å². The Morgan fingerprint density at radius 1 is 0.857 bits per heavy atom. The van der Waals surface area contributed by atoms with E-state index in [9.17, 15) is 5.11 Å². The molecule has 0 bridgehead atoms. The van der Waals surface area contributed by atoms with Crippen LogP contribution in [0.2, 0.25) is 0 Å². The minimum absolute atomic E-state index is 0.137. The van der Waals surface area contributed by atoms with Crippen molar-refractivity contribution in [2.45, 2.75) is 32.5 Å². The summed E-state index contributed by atoms with van der Waals surface area (Å²) in [6.45, 7) is 5.76. The van der Waals surface area contributed by atoms with Gasteiger partial charge in [-0.3, -0.25) is 0 Å². The van der Waals surface area contributed by atoms with Crippen molar-refractivity contribution >= 4 is 0 Å². The predicted molar refractivity (Wildman–Crippen MR) is 83.9 cm³/mol. The molecule has 3 heteroatoms. The van der Waals surface area contributed by atoms with Crippen molar-refractivity contribution in [2.75, 3.05) is 7.11 Å². The molecule has 0 spiro atoms. The zero-order valence-electron chi connectivity index (χ0n) is 13.0. The monoisotopic (exact) mass is 286 g/mol. The number of rotatable bonds is 5. The minimum atomic E-state index is -1.05. The summed E-state index contributed by atoms with van der Waals surface area (Å²) in [5.41, 5.74) is 0.590. The fourth-order valence-electron chi connectivity index (χ4n) is 2.21. The van der Waals surface area contributed by atoms with E-state index < -0.39 is 5.60 Å². The Balaban J connectivity index is 2.25. The fourth-order valence-corrected chi connectivity index (χ4v) is 2.21. The quantitative estimate of drug-likeness (QED) is 0.910. The number of methoxy groups -OCH3 is 1. The van der Waals surface area contributed by atoms with Gasteiger partial charge in [-0.2, -0.15) is 0 Å². The number of hydrogen-bond donors (Lipinski definition) is 1. The average molecular weight is 286 g/mol. The van der Waals surface area contributed by atoms with Gasteiger partial charge in [-0.1, -0.05) is 24.3 Å². The van der Waals surface area contributed by atoms with Gasteiger partial charge in [0.2, 0.25) is 0 Å². The minimum Gasteiger partial charge on any atom is -0.497 e. The number of hydrogen-bond acceptors (Lipinski definition) is 3. The van der Waals surface area contributed by atoms with Gasteiger partial charge < -0.3 is 14.6 Å². The van der Waals surface area contributed by atoms with Crippen LogP contribution in [0.15, 0.2) is 48.5 Å². The Kier molecular flexibility index (Phi) is 4.53. The van der Waals surface area contributed by atoms with Crippen LogP contribution in [-0.4, -0.2) is 18.3 Å². The predicted octanol–water partition coefficient (Wildman–Crippen LogP) is 3.74. The Hall–Kier alpha value is -2.00. The average Bonchev–Trinajstić information content (AvgIpc) is 2.47. The lowest BCUT2D eigenvalue weighted by molar-refractivity contribution is 0.102. The molecule has 1 N–H and O–H groups in total. The summed E-state index contributed by atoms with van der Waals surface area (Å²) in [6.07, 6.45) is 0.137. The molecular formula is C18H22O3. The van der Waals surface area contributed by atoms with E-state index >= 15 is 0 Å². The second-order valence-electron chi connectivity index (χ2n) is 5.49. The third-order valence-electron chi connectivity index (χ3n) is 3.44. The van der Waals surface area contributed by atoms with Gasteiger partial charge in [-0.25, -0.2) is 0 Å². The first-order valence-electron chi connectivity index (χ1n) is 7.07. The lowest BCUT2D eigenvalue weighted by Gasteiger charge is -2.25. The van der Waals surface area contributed by atoms with Gasteiger partial charge in [0.05, 0.1) is 13.2 Å². The molecule has 0 saturated carbocycles. The Morgan fingerprint density at radius 2 is 1.29 bits per heavy atom. The molecule has 1 atom stereocenters. The molecule has 0 radical (unpaired) electrons. The Morgan fingerprint density at radius 3 is 1.67 bits per heavy atom. The summed E-state index contributed by atoms with van der Waals surface area (Å²) in [6, 6.07) is 15.0. The third-order valence-corrected chi connectivity index (χ3v) is 3.44. The van der Waals surface area contributed by atoms with E-state index in [0.717, 1.165) is 22.6 Å². The van der Waals surface area contributed by atoms with E-state index in [4.69, 9.17) is 9.47 Å². The fraction of sp³-hybridized carbons (Fsp3) is 0.333. The number of aliphatic hydroxyl groups is 1. The van der Waals surface area contributed by atoms with Crippen molar-refractivity contribution in [3.63, 3.8) is 0 Å². The largest absolute Gasteiger partial charge is 0.497 e. The third kappa shape index (κ3) is 3.56. The molecule has 2 rings (SSSR count). The summed E-state index contributed by atoms with van der Waals surface area (Å²) in [7, 11) is 1.63. The van der Waals surface area contributed by atoms with Crippen LogP contribution in [0.3, 0.4) is 0 Å². The lowest BCUT2D eigenvalue weighted by atomic mass is 9.88. The smallest absolute Gasteiger partial charge is 0.119 e. The van der Waals surface area contributed by atoms with Gasteiger partial charge in [0.1, 0.15) is 17.1 Å². The van der Waals surface area contributed by atoms with Crippen molar-refractivity contribution < 1.29 is 14.6 Å². The van der Waals surface area contributed by atoms with Gasteiger partial charge in [0.25, 0.3) is 0 Å². The summed E-state index contributed by atoms with van der Waals surface area (Å²) in [5, 5.41) is 10.8. The highest BCUT2D eigenvalue weighted by Crippen LogP contribution is 2.31. The summed E-state index contributed by atoms with van der Waals surface area (Å²) in [5.74, 6) is 1.58. The molecule has 0 aromatic heterocycles. The van der Waals surface area contributed by atoms with E-state index in [0.29, 0.717) is 0 Å². The summed E-state index contributed by atoms with van der Waals surface area (Å²) in [4.78, 5) is 0. The molecule has 0 aliphatic carbocycles. The topological polar surface area (TPSA) is 38.7 Å². The van der Waals surface area contributed by atoms with E-state index in [1.54, 1.807) is 14.0 Å². The highest BCUT2D eigenvalue weighted by molar-refractivity contribution is 5.40. The summed E-state index contributed by atoms with van der Waals surface area (Å²) >= 11 is 0. The first kappa shape index (κ1) is 15.4. The maximum Gasteiger partial charge on any atom is 0.119 e. The molecular weight excluding hydrogens is 264 g/mol. The number of benzene rings is 2. The van der Waals surface area contributed by atoms with E-state index in [-0.39, 0.29) is 6.10 Å². The Labute approximate surface area is 126 Å². The van der Waals surface area contributed by atoms with Crippen LogP contribution >= 0.6 is 0 Å². The molecule has 0 fully saturated rings. The van der Waals surface area contributed by atoms with Gasteiger partial charge in [-0.15, -0.1) is 0 Å². The standard InChI is InChI=1S/C18H22O3/c1-13(2)21-17-11-7-15(8-12-17)18(3,19)14-5-9-16(20-4)10-6-14/h5-13,19H,1-4H3. The first-order valence-corrected chi connectivity index (χ1v) is 7.07. The normalized spacial score (nSPS) is 13.8. The molecule has 0 heterocycles. The molecule has 0 amide bonds. The lowest BCUT2D eigenvalue weighted by Crippen LogP contribution is -2.22. The van der Waals surface area contributed by atoms with Crippen molar-refractivity contribution in [3.05, 3.63) is 59.7 Å². The van der Waals surface area contributed by atoms with Crippen LogP contribution in [0.1, 0.15) is 31.9 Å². The maximum atomic E-state index is 10.8. The molecule has 1 unspecified atom stereocenters. The number of ether oxygens (including phenoxy) is 2. The van der Waals surface area contributed by atoms with Crippen molar-refractivity contribution in [3.8, 4) is 11.5 Å². The van der Waals surface area contributed by atoms with Crippen molar-refractivity contribution in [2.24, 2.45) is 0 Å². The van der Waals surface area contributed by atoms with Crippen molar-refractivity contribution in [1.29, 1.82) is 0 Å². The molecule has 21 heavy (non-hydrogen) atoms. The van der Waals surface area contributed by atoms with Gasteiger partial charge >= 0.3 is 0 Å². The first-order chi connectivity index (χ1) is 9.93. The van der Waals surface area contributed by atoms with Crippen LogP contribution in [-0.2, 0) is 5.60 Å². The molecule has 2 aromatic rings. The Bertz CT molecular complexity index is 568.